The lowest BCUT2D eigenvalue weighted by Gasteiger charge is -2.47. The van der Waals surface area contributed by atoms with E-state index >= 15 is 0 Å². The van der Waals surface area contributed by atoms with Crippen LogP contribution in [0.15, 0.2) is 0 Å². The number of aliphatic hydroxyl groups excluding tert-OH is 1. The molecule has 0 bridgehead atoms. The number of hydrogen-bond acceptors (Lipinski definition) is 4. The molecule has 2 rings (SSSR count). The maximum Gasteiger partial charge on any atom is 0.410 e. The van der Waals surface area contributed by atoms with Gasteiger partial charge in [0.05, 0.1) is 19.7 Å². The van der Waals surface area contributed by atoms with E-state index in [9.17, 15) is 4.79 Å². The minimum absolute atomic E-state index is 0.170. The third-order valence-corrected chi connectivity index (χ3v) is 3.43. The summed E-state index contributed by atoms with van der Waals surface area (Å²) in [5.74, 6) is 0.427. The molecule has 2 aliphatic rings. The van der Waals surface area contributed by atoms with Crippen LogP contribution in [0.1, 0.15) is 33.6 Å². The average Bonchev–Trinajstić information content (AvgIpc) is 2.57. The highest BCUT2D eigenvalue weighted by molar-refractivity contribution is 5.69. The van der Waals surface area contributed by atoms with Crippen LogP contribution in [0, 0.1) is 5.92 Å². The van der Waals surface area contributed by atoms with E-state index in [1.54, 1.807) is 4.90 Å². The third-order valence-electron chi connectivity index (χ3n) is 3.43. The zero-order valence-corrected chi connectivity index (χ0v) is 11.4. The Morgan fingerprint density at radius 3 is 2.72 bits per heavy atom. The molecule has 5 nitrogen and oxygen atoms in total. The number of carbonyl (C=O) groups is 1. The van der Waals surface area contributed by atoms with Gasteiger partial charge in [-0.2, -0.15) is 0 Å². The third kappa shape index (κ3) is 2.95. The molecule has 1 amide bonds. The van der Waals surface area contributed by atoms with Crippen LogP contribution >= 0.6 is 0 Å². The SMILES string of the molecule is CC(C)(C)OC(=O)N1CC2(C[C@H](CCO)CO2)C1. The highest BCUT2D eigenvalue weighted by atomic mass is 16.6. The Hall–Kier alpha value is -0.810. The normalized spacial score (nSPS) is 26.2. The summed E-state index contributed by atoms with van der Waals surface area (Å²) >= 11 is 0. The highest BCUT2D eigenvalue weighted by Gasteiger charge is 2.51. The second-order valence-corrected chi connectivity index (χ2v) is 6.41. The first kappa shape index (κ1) is 13.6. The summed E-state index contributed by atoms with van der Waals surface area (Å²) in [6.45, 7) is 7.73. The molecule has 2 saturated heterocycles. The predicted octanol–water partition coefficient (Wildman–Crippen LogP) is 1.39. The number of ether oxygens (including phenoxy) is 2. The molecule has 0 aliphatic carbocycles. The molecule has 0 unspecified atom stereocenters. The van der Waals surface area contributed by atoms with Crippen molar-refractivity contribution in [2.45, 2.75) is 44.8 Å². The average molecular weight is 257 g/mol. The lowest BCUT2D eigenvalue weighted by Crippen LogP contribution is -2.63. The molecule has 2 fully saturated rings. The van der Waals surface area contributed by atoms with Gasteiger partial charge in [0.1, 0.15) is 11.2 Å². The minimum Gasteiger partial charge on any atom is -0.444 e. The molecule has 0 saturated carbocycles. The fraction of sp³-hybridized carbons (Fsp3) is 0.923. The first-order chi connectivity index (χ1) is 8.34. The van der Waals surface area contributed by atoms with E-state index in [0.717, 1.165) is 12.8 Å². The van der Waals surface area contributed by atoms with Crippen LogP contribution in [-0.2, 0) is 9.47 Å². The second kappa shape index (κ2) is 4.70. The molecule has 104 valence electrons. The Morgan fingerprint density at radius 1 is 1.50 bits per heavy atom. The molecule has 1 spiro atoms. The van der Waals surface area contributed by atoms with Crippen molar-refractivity contribution in [3.05, 3.63) is 0 Å². The summed E-state index contributed by atoms with van der Waals surface area (Å²) in [7, 11) is 0. The summed E-state index contributed by atoms with van der Waals surface area (Å²) in [6, 6.07) is 0. The van der Waals surface area contributed by atoms with Gasteiger partial charge in [-0.05, 0) is 39.5 Å². The van der Waals surface area contributed by atoms with E-state index in [-0.39, 0.29) is 18.3 Å². The molecule has 5 heteroatoms. The fourth-order valence-electron chi connectivity index (χ4n) is 2.63. The zero-order chi connectivity index (χ0) is 13.4. The van der Waals surface area contributed by atoms with Crippen molar-refractivity contribution in [2.75, 3.05) is 26.3 Å². The largest absolute Gasteiger partial charge is 0.444 e. The van der Waals surface area contributed by atoms with Crippen LogP contribution in [0.4, 0.5) is 4.79 Å². The van der Waals surface area contributed by atoms with Gasteiger partial charge in [0.15, 0.2) is 0 Å². The fourth-order valence-corrected chi connectivity index (χ4v) is 2.63. The van der Waals surface area contributed by atoms with Gasteiger partial charge in [-0.3, -0.25) is 0 Å². The van der Waals surface area contributed by atoms with Gasteiger partial charge < -0.3 is 19.5 Å². The maximum absolute atomic E-state index is 11.8. The molecule has 0 aromatic carbocycles. The second-order valence-electron chi connectivity index (χ2n) is 6.41. The van der Waals surface area contributed by atoms with Crippen LogP contribution in [0.5, 0.6) is 0 Å². The van der Waals surface area contributed by atoms with Crippen LogP contribution < -0.4 is 0 Å². The van der Waals surface area contributed by atoms with Crippen LogP contribution in [0.25, 0.3) is 0 Å². The number of aliphatic hydroxyl groups is 1. The van der Waals surface area contributed by atoms with Gasteiger partial charge in [-0.15, -0.1) is 0 Å². The summed E-state index contributed by atoms with van der Waals surface area (Å²) < 4.78 is 11.1. The van der Waals surface area contributed by atoms with E-state index < -0.39 is 5.60 Å². The highest BCUT2D eigenvalue weighted by Crippen LogP contribution is 2.39. The minimum atomic E-state index is -0.449. The van der Waals surface area contributed by atoms with Crippen LogP contribution in [-0.4, -0.2) is 53.6 Å². The molecule has 18 heavy (non-hydrogen) atoms. The maximum atomic E-state index is 11.8. The number of likely N-dealkylation sites (tertiary alicyclic amines) is 1. The Bertz CT molecular complexity index is 317. The molecule has 1 N–H and O–H groups in total. The van der Waals surface area contributed by atoms with Gasteiger partial charge in [-0.1, -0.05) is 0 Å². The van der Waals surface area contributed by atoms with Crippen molar-refractivity contribution >= 4 is 6.09 Å². The molecule has 1 atom stereocenters. The van der Waals surface area contributed by atoms with Crippen molar-refractivity contribution in [3.8, 4) is 0 Å². The zero-order valence-electron chi connectivity index (χ0n) is 11.4. The van der Waals surface area contributed by atoms with E-state index in [4.69, 9.17) is 14.6 Å². The Morgan fingerprint density at radius 2 is 2.17 bits per heavy atom. The van der Waals surface area contributed by atoms with Gasteiger partial charge in [-0.25, -0.2) is 4.79 Å². The van der Waals surface area contributed by atoms with Crippen molar-refractivity contribution in [1.82, 2.24) is 4.90 Å². The quantitative estimate of drug-likeness (QED) is 0.812. The van der Waals surface area contributed by atoms with E-state index in [0.29, 0.717) is 25.6 Å². The molecule has 0 aromatic heterocycles. The Labute approximate surface area is 108 Å². The number of rotatable bonds is 2. The summed E-state index contributed by atoms with van der Waals surface area (Å²) in [6.07, 6.45) is 1.46. The monoisotopic (exact) mass is 257 g/mol. The molecular weight excluding hydrogens is 234 g/mol. The van der Waals surface area contributed by atoms with Gasteiger partial charge in [0.2, 0.25) is 0 Å². The lowest BCUT2D eigenvalue weighted by atomic mass is 9.86. The van der Waals surface area contributed by atoms with Gasteiger partial charge in [0.25, 0.3) is 0 Å². The van der Waals surface area contributed by atoms with Crippen molar-refractivity contribution in [1.29, 1.82) is 0 Å². The number of nitrogens with zero attached hydrogens (tertiary/aromatic N) is 1. The van der Waals surface area contributed by atoms with Crippen molar-refractivity contribution in [3.63, 3.8) is 0 Å². The molecular formula is C13H23NO4. The lowest BCUT2D eigenvalue weighted by molar-refractivity contribution is -0.109. The summed E-state index contributed by atoms with van der Waals surface area (Å²) in [5, 5.41) is 8.92. The number of amides is 1. The Balaban J connectivity index is 1.78. The van der Waals surface area contributed by atoms with Crippen LogP contribution in [0.3, 0.4) is 0 Å². The molecule has 0 radical (unpaired) electrons. The summed E-state index contributed by atoms with van der Waals surface area (Å²) in [5.41, 5.74) is -0.619. The van der Waals surface area contributed by atoms with Gasteiger partial charge in [0, 0.05) is 6.61 Å². The topological polar surface area (TPSA) is 59.0 Å². The Kier molecular flexibility index (Phi) is 3.56. The standard InChI is InChI=1S/C13H23NO4/c1-12(2,3)18-11(16)14-8-13(9-14)6-10(4-5-15)7-17-13/h10,15H,4-9H2,1-3H3/t10-/m0/s1. The summed E-state index contributed by atoms with van der Waals surface area (Å²) in [4.78, 5) is 13.5. The van der Waals surface area contributed by atoms with Crippen LogP contribution in [0.2, 0.25) is 0 Å². The van der Waals surface area contributed by atoms with Crippen molar-refractivity contribution < 1.29 is 19.4 Å². The smallest absolute Gasteiger partial charge is 0.410 e. The van der Waals surface area contributed by atoms with E-state index in [2.05, 4.69) is 0 Å². The predicted molar refractivity (Wildman–Crippen MR) is 66.3 cm³/mol. The molecule has 2 heterocycles. The molecule has 2 aliphatic heterocycles. The van der Waals surface area contributed by atoms with Crippen molar-refractivity contribution in [2.24, 2.45) is 5.92 Å². The first-order valence-corrected chi connectivity index (χ1v) is 6.56. The number of carbonyl (C=O) groups excluding carboxylic acids is 1. The number of hydrogen-bond donors (Lipinski definition) is 1. The molecule has 0 aromatic rings. The first-order valence-electron chi connectivity index (χ1n) is 6.56. The van der Waals surface area contributed by atoms with E-state index in [1.165, 1.54) is 0 Å². The van der Waals surface area contributed by atoms with E-state index in [1.807, 2.05) is 20.8 Å². The van der Waals surface area contributed by atoms with Gasteiger partial charge >= 0.3 is 6.09 Å².